The Hall–Kier alpha value is -2.64. The third kappa shape index (κ3) is 4.38. The van der Waals surface area contributed by atoms with Crippen molar-refractivity contribution in [2.45, 2.75) is 44.2 Å². The van der Waals surface area contributed by atoms with Crippen molar-refractivity contribution in [3.8, 4) is 5.75 Å². The Labute approximate surface area is 189 Å². The van der Waals surface area contributed by atoms with Crippen molar-refractivity contribution in [1.29, 1.82) is 0 Å². The molecule has 2 N–H and O–H groups in total. The second-order valence-electron chi connectivity index (χ2n) is 8.16. The zero-order valence-electron chi connectivity index (χ0n) is 17.2. The predicted molar refractivity (Wildman–Crippen MR) is 123 cm³/mol. The molecule has 2 aromatic carbocycles. The first-order valence-corrected chi connectivity index (χ1v) is 11.5. The van der Waals surface area contributed by atoms with E-state index in [1.54, 1.807) is 11.0 Å². The maximum Gasteiger partial charge on any atom is 0.137 e. The number of aromatic nitrogens is 4. The largest absolute Gasteiger partial charge is 0.491 e. The van der Waals surface area contributed by atoms with Crippen LogP contribution < -0.4 is 4.74 Å². The number of hydrogen-bond donors (Lipinski definition) is 2. The standard InChI is InChI=1S/C24H25BrN4O2/c25-17-7-10-23-22(11-17)21-4-2-1-3-20(24(21)28-23)16-5-8-19(9-6-16)31-13-18(30)12-29-15-26-14-27-29/h5-11,14-15,18,20,28,30H,1-4,12-13H2. The van der Waals surface area contributed by atoms with Crippen LogP contribution in [0.15, 0.2) is 59.6 Å². The van der Waals surface area contributed by atoms with Crippen molar-refractivity contribution in [1.82, 2.24) is 19.7 Å². The van der Waals surface area contributed by atoms with Crippen LogP contribution in [-0.2, 0) is 13.0 Å². The summed E-state index contributed by atoms with van der Waals surface area (Å²) in [5.41, 5.74) is 5.31. The lowest BCUT2D eigenvalue weighted by Crippen LogP contribution is -2.23. The summed E-state index contributed by atoms with van der Waals surface area (Å²) in [6, 6.07) is 14.8. The molecule has 0 saturated heterocycles. The minimum absolute atomic E-state index is 0.212. The molecule has 0 radical (unpaired) electrons. The van der Waals surface area contributed by atoms with Crippen LogP contribution in [0.4, 0.5) is 0 Å². The summed E-state index contributed by atoms with van der Waals surface area (Å²) in [7, 11) is 0. The van der Waals surface area contributed by atoms with Gasteiger partial charge >= 0.3 is 0 Å². The van der Waals surface area contributed by atoms with Gasteiger partial charge in [0.1, 0.15) is 31.1 Å². The number of aliphatic hydroxyl groups is 1. The fourth-order valence-electron chi connectivity index (χ4n) is 4.52. The Bertz CT molecular complexity index is 1150. The number of aromatic amines is 1. The summed E-state index contributed by atoms with van der Waals surface area (Å²) < 4.78 is 8.51. The third-order valence-electron chi connectivity index (χ3n) is 6.01. The molecule has 160 valence electrons. The van der Waals surface area contributed by atoms with Gasteiger partial charge in [-0.25, -0.2) is 4.98 Å². The normalized spacial score (nSPS) is 17.3. The van der Waals surface area contributed by atoms with Gasteiger partial charge in [-0.3, -0.25) is 4.68 Å². The van der Waals surface area contributed by atoms with Crippen LogP contribution in [0.25, 0.3) is 10.9 Å². The summed E-state index contributed by atoms with van der Waals surface area (Å²) in [4.78, 5) is 7.59. The van der Waals surface area contributed by atoms with E-state index in [0.29, 0.717) is 12.5 Å². The van der Waals surface area contributed by atoms with Gasteiger partial charge in [-0.05, 0) is 60.7 Å². The highest BCUT2D eigenvalue weighted by Crippen LogP contribution is 2.39. The SMILES string of the molecule is OC(COc1ccc(C2CCCCc3c2[nH]c2ccc(Br)cc32)cc1)Cn1cncn1. The molecule has 0 saturated carbocycles. The average molecular weight is 481 g/mol. The summed E-state index contributed by atoms with van der Waals surface area (Å²) in [5, 5.41) is 15.5. The Morgan fingerprint density at radius 3 is 2.87 bits per heavy atom. The van der Waals surface area contributed by atoms with E-state index in [1.807, 2.05) is 12.1 Å². The molecular weight excluding hydrogens is 456 g/mol. The van der Waals surface area contributed by atoms with Crippen LogP contribution >= 0.6 is 15.9 Å². The Morgan fingerprint density at radius 1 is 1.19 bits per heavy atom. The zero-order valence-corrected chi connectivity index (χ0v) is 18.8. The number of halogens is 1. The summed E-state index contributed by atoms with van der Waals surface area (Å²) in [5.74, 6) is 1.12. The number of benzene rings is 2. The molecule has 4 aromatic rings. The molecular formula is C24H25BrN4O2. The average Bonchev–Trinajstić information content (AvgIpc) is 3.35. The van der Waals surface area contributed by atoms with E-state index in [4.69, 9.17) is 4.74 Å². The van der Waals surface area contributed by atoms with Crippen molar-refractivity contribution in [2.24, 2.45) is 0 Å². The summed E-state index contributed by atoms with van der Waals surface area (Å²) >= 11 is 3.62. The van der Waals surface area contributed by atoms with E-state index < -0.39 is 6.10 Å². The van der Waals surface area contributed by atoms with Gasteiger partial charge in [0, 0.05) is 27.0 Å². The molecule has 0 fully saturated rings. The lowest BCUT2D eigenvalue weighted by Gasteiger charge is -2.17. The van der Waals surface area contributed by atoms with E-state index in [1.165, 1.54) is 46.9 Å². The van der Waals surface area contributed by atoms with Gasteiger partial charge in [-0.15, -0.1) is 0 Å². The molecule has 1 aliphatic rings. The topological polar surface area (TPSA) is 76.0 Å². The van der Waals surface area contributed by atoms with Gasteiger partial charge in [-0.2, -0.15) is 5.10 Å². The second kappa shape index (κ2) is 8.85. The molecule has 7 heteroatoms. The zero-order chi connectivity index (χ0) is 21.2. The second-order valence-corrected chi connectivity index (χ2v) is 9.07. The van der Waals surface area contributed by atoms with Crippen molar-refractivity contribution in [3.63, 3.8) is 0 Å². The minimum Gasteiger partial charge on any atom is -0.491 e. The molecule has 31 heavy (non-hydrogen) atoms. The highest BCUT2D eigenvalue weighted by atomic mass is 79.9. The molecule has 0 aliphatic heterocycles. The highest BCUT2D eigenvalue weighted by molar-refractivity contribution is 9.10. The van der Waals surface area contributed by atoms with Gasteiger partial charge in [0.25, 0.3) is 0 Å². The highest BCUT2D eigenvalue weighted by Gasteiger charge is 2.24. The van der Waals surface area contributed by atoms with Crippen molar-refractivity contribution in [2.75, 3.05) is 6.61 Å². The predicted octanol–water partition coefficient (Wildman–Crippen LogP) is 4.82. The first kappa shape index (κ1) is 20.3. The first-order valence-electron chi connectivity index (χ1n) is 10.7. The van der Waals surface area contributed by atoms with Crippen molar-refractivity contribution >= 4 is 26.8 Å². The van der Waals surface area contributed by atoms with Gasteiger partial charge in [0.05, 0.1) is 6.54 Å². The Balaban J connectivity index is 1.32. The Kier molecular flexibility index (Phi) is 5.78. The van der Waals surface area contributed by atoms with Crippen molar-refractivity contribution in [3.05, 3.63) is 76.4 Å². The molecule has 0 bridgehead atoms. The van der Waals surface area contributed by atoms with E-state index in [2.05, 4.69) is 61.3 Å². The van der Waals surface area contributed by atoms with Gasteiger partial charge in [0.2, 0.25) is 0 Å². The number of hydrogen-bond acceptors (Lipinski definition) is 4. The van der Waals surface area contributed by atoms with E-state index in [0.717, 1.165) is 23.1 Å². The lowest BCUT2D eigenvalue weighted by molar-refractivity contribution is 0.0892. The number of rotatable bonds is 6. The number of nitrogens with zero attached hydrogens (tertiary/aromatic N) is 3. The number of fused-ring (bicyclic) bond motifs is 3. The fraction of sp³-hybridized carbons (Fsp3) is 0.333. The fourth-order valence-corrected chi connectivity index (χ4v) is 4.88. The summed E-state index contributed by atoms with van der Waals surface area (Å²) in [6.07, 6.45) is 7.09. The first-order chi connectivity index (χ1) is 15.2. The number of nitrogens with one attached hydrogen (secondary N) is 1. The molecule has 6 nitrogen and oxygen atoms in total. The van der Waals surface area contributed by atoms with Gasteiger partial charge in [-0.1, -0.05) is 34.5 Å². The monoisotopic (exact) mass is 480 g/mol. The van der Waals surface area contributed by atoms with Gasteiger partial charge < -0.3 is 14.8 Å². The van der Waals surface area contributed by atoms with Crippen LogP contribution in [0.2, 0.25) is 0 Å². The molecule has 0 spiro atoms. The number of H-pyrrole nitrogens is 1. The van der Waals surface area contributed by atoms with Crippen molar-refractivity contribution < 1.29 is 9.84 Å². The van der Waals surface area contributed by atoms with Crippen LogP contribution in [0, 0.1) is 0 Å². The quantitative estimate of drug-likeness (QED) is 0.388. The van der Waals surface area contributed by atoms with Crippen LogP contribution in [0.3, 0.4) is 0 Å². The summed E-state index contributed by atoms with van der Waals surface area (Å²) in [6.45, 7) is 0.573. The maximum absolute atomic E-state index is 10.1. The Morgan fingerprint density at radius 2 is 2.06 bits per heavy atom. The smallest absolute Gasteiger partial charge is 0.137 e. The molecule has 0 amide bonds. The third-order valence-corrected chi connectivity index (χ3v) is 6.50. The van der Waals surface area contributed by atoms with Crippen LogP contribution in [0.1, 0.15) is 42.0 Å². The minimum atomic E-state index is -0.642. The number of aliphatic hydroxyl groups excluding tert-OH is 1. The van der Waals surface area contributed by atoms with Gasteiger partial charge in [0.15, 0.2) is 0 Å². The molecule has 2 aromatic heterocycles. The van der Waals surface area contributed by atoms with Crippen LogP contribution in [-0.4, -0.2) is 37.6 Å². The number of aryl methyl sites for hydroxylation is 1. The van der Waals surface area contributed by atoms with E-state index >= 15 is 0 Å². The van der Waals surface area contributed by atoms with E-state index in [-0.39, 0.29) is 6.61 Å². The molecule has 2 unspecified atom stereocenters. The molecule has 1 aliphatic carbocycles. The lowest BCUT2D eigenvalue weighted by atomic mass is 9.91. The number of ether oxygens (including phenoxy) is 1. The molecule has 5 rings (SSSR count). The molecule has 2 atom stereocenters. The molecule has 2 heterocycles. The van der Waals surface area contributed by atoms with E-state index in [9.17, 15) is 5.11 Å². The maximum atomic E-state index is 10.1. The van der Waals surface area contributed by atoms with Crippen LogP contribution in [0.5, 0.6) is 5.75 Å².